The third kappa shape index (κ3) is 4.49. The van der Waals surface area contributed by atoms with Crippen LogP contribution in [0, 0.1) is 5.92 Å². The van der Waals surface area contributed by atoms with Crippen LogP contribution in [0.25, 0.3) is 11.4 Å². The van der Waals surface area contributed by atoms with Crippen molar-refractivity contribution in [1.82, 2.24) is 9.97 Å². The average Bonchev–Trinajstić information content (AvgIpc) is 2.79. The molecule has 2 aliphatic heterocycles. The molecule has 0 spiro atoms. The summed E-state index contributed by atoms with van der Waals surface area (Å²) in [4.78, 5) is 25.3. The number of aromatic nitrogens is 2. The lowest BCUT2D eigenvalue weighted by Crippen LogP contribution is -2.40. The summed E-state index contributed by atoms with van der Waals surface area (Å²) in [5.74, 6) is 1.01. The molecule has 1 unspecified atom stereocenters. The highest BCUT2D eigenvalue weighted by Gasteiger charge is 2.27. The Morgan fingerprint density at radius 2 is 1.86 bits per heavy atom. The maximum Gasteiger partial charge on any atom is 0.308 e. The Morgan fingerprint density at radius 3 is 2.59 bits per heavy atom. The zero-order valence-electron chi connectivity index (χ0n) is 16.3. The Labute approximate surface area is 169 Å². The zero-order chi connectivity index (χ0) is 20.2. The van der Waals surface area contributed by atoms with Crippen LogP contribution < -0.4 is 9.80 Å². The van der Waals surface area contributed by atoms with E-state index in [1.165, 1.54) is 0 Å². The number of aliphatic hydroxyl groups excluding tert-OH is 1. The van der Waals surface area contributed by atoms with Gasteiger partial charge in [0.2, 0.25) is 0 Å². The van der Waals surface area contributed by atoms with Crippen LogP contribution in [-0.2, 0) is 16.1 Å². The number of ether oxygens (including phenoxy) is 1. The fourth-order valence-corrected chi connectivity index (χ4v) is 3.86. The zero-order valence-corrected chi connectivity index (χ0v) is 16.3. The summed E-state index contributed by atoms with van der Waals surface area (Å²) in [6, 6.07) is 9.51. The number of morpholine rings is 1. The Hall–Kier alpha value is -2.71. The van der Waals surface area contributed by atoms with Crippen molar-refractivity contribution < 1.29 is 19.7 Å². The van der Waals surface area contributed by atoms with Crippen LogP contribution in [0.4, 0.5) is 11.6 Å². The molecule has 29 heavy (non-hydrogen) atoms. The molecule has 4 rings (SSSR count). The van der Waals surface area contributed by atoms with E-state index in [4.69, 9.17) is 14.7 Å². The first-order valence-electron chi connectivity index (χ1n) is 10.0. The van der Waals surface area contributed by atoms with Gasteiger partial charge in [-0.2, -0.15) is 0 Å². The first-order valence-corrected chi connectivity index (χ1v) is 10.0. The van der Waals surface area contributed by atoms with Crippen molar-refractivity contribution in [3.05, 3.63) is 35.9 Å². The summed E-state index contributed by atoms with van der Waals surface area (Å²) in [5.41, 5.74) is 1.63. The van der Waals surface area contributed by atoms with Gasteiger partial charge in [0.05, 0.1) is 25.7 Å². The molecular weight excluding hydrogens is 372 g/mol. The molecule has 0 radical (unpaired) electrons. The topological polar surface area (TPSA) is 99.0 Å². The normalized spacial score (nSPS) is 20.0. The number of piperidine rings is 1. The minimum Gasteiger partial charge on any atom is -0.481 e. The maximum atomic E-state index is 11.5. The van der Waals surface area contributed by atoms with Crippen molar-refractivity contribution in [2.24, 2.45) is 5.92 Å². The van der Waals surface area contributed by atoms with Gasteiger partial charge in [-0.3, -0.25) is 4.79 Å². The van der Waals surface area contributed by atoms with E-state index >= 15 is 0 Å². The predicted molar refractivity (Wildman–Crippen MR) is 109 cm³/mol. The van der Waals surface area contributed by atoms with Crippen LogP contribution in [0.3, 0.4) is 0 Å². The molecular formula is C21H26N4O4. The van der Waals surface area contributed by atoms with Gasteiger partial charge in [0, 0.05) is 37.8 Å². The third-order valence-electron chi connectivity index (χ3n) is 5.50. The molecule has 0 bridgehead atoms. The van der Waals surface area contributed by atoms with Crippen LogP contribution in [0.5, 0.6) is 0 Å². The first-order chi connectivity index (χ1) is 14.1. The van der Waals surface area contributed by atoms with Crippen LogP contribution in [0.1, 0.15) is 18.4 Å². The van der Waals surface area contributed by atoms with Gasteiger partial charge in [0.25, 0.3) is 0 Å². The average molecular weight is 398 g/mol. The number of carboxylic acid groups (broad SMARTS) is 1. The first kappa shape index (κ1) is 19.6. The molecule has 3 heterocycles. The van der Waals surface area contributed by atoms with Gasteiger partial charge in [0.15, 0.2) is 5.82 Å². The highest BCUT2D eigenvalue weighted by atomic mass is 16.5. The standard InChI is InChI=1S/C21H26N4O4/c26-14-15-3-1-4-16(11-15)20-22-18(24-7-9-29-10-8-24)12-19(23-20)25-6-2-5-17(13-25)21(27)28/h1,3-4,11-12,17,26H,2,5-10,13-14H2,(H,27,28). The highest BCUT2D eigenvalue weighted by Crippen LogP contribution is 2.28. The summed E-state index contributed by atoms with van der Waals surface area (Å²) in [7, 11) is 0. The number of anilines is 2. The second-order valence-electron chi connectivity index (χ2n) is 7.49. The second kappa shape index (κ2) is 8.75. The van der Waals surface area contributed by atoms with Gasteiger partial charge in [-0.15, -0.1) is 0 Å². The number of benzene rings is 1. The molecule has 8 heteroatoms. The number of hydrogen-bond donors (Lipinski definition) is 2. The maximum absolute atomic E-state index is 11.5. The number of carboxylic acids is 1. The molecule has 1 atom stereocenters. The smallest absolute Gasteiger partial charge is 0.308 e. The number of carbonyl (C=O) groups is 1. The summed E-state index contributed by atoms with van der Waals surface area (Å²) in [6.07, 6.45) is 1.52. The van der Waals surface area contributed by atoms with Crippen molar-refractivity contribution in [2.75, 3.05) is 49.2 Å². The van der Waals surface area contributed by atoms with E-state index in [1.54, 1.807) is 0 Å². The lowest BCUT2D eigenvalue weighted by atomic mass is 9.98. The Kier molecular flexibility index (Phi) is 5.92. The van der Waals surface area contributed by atoms with Crippen molar-refractivity contribution in [2.45, 2.75) is 19.4 Å². The fraction of sp³-hybridized carbons (Fsp3) is 0.476. The van der Waals surface area contributed by atoms with Crippen molar-refractivity contribution >= 4 is 17.6 Å². The number of nitrogens with zero attached hydrogens (tertiary/aromatic N) is 4. The van der Waals surface area contributed by atoms with E-state index < -0.39 is 5.97 Å². The Morgan fingerprint density at radius 1 is 1.10 bits per heavy atom. The summed E-state index contributed by atoms with van der Waals surface area (Å²) in [6.45, 7) is 3.99. The molecule has 2 aromatic rings. The molecule has 1 aromatic heterocycles. The monoisotopic (exact) mass is 398 g/mol. The minimum absolute atomic E-state index is 0.0454. The third-order valence-corrected chi connectivity index (χ3v) is 5.50. The lowest BCUT2D eigenvalue weighted by Gasteiger charge is -2.33. The summed E-state index contributed by atoms with van der Waals surface area (Å²) in [5, 5.41) is 18.9. The van der Waals surface area contributed by atoms with Gasteiger partial charge in [0.1, 0.15) is 11.6 Å². The highest BCUT2D eigenvalue weighted by molar-refractivity contribution is 5.71. The molecule has 2 fully saturated rings. The van der Waals surface area contributed by atoms with Crippen molar-refractivity contribution in [3.63, 3.8) is 0 Å². The molecule has 154 valence electrons. The van der Waals surface area contributed by atoms with Gasteiger partial charge >= 0.3 is 5.97 Å². The summed E-state index contributed by atoms with van der Waals surface area (Å²) >= 11 is 0. The Bertz CT molecular complexity index is 870. The van der Waals surface area contributed by atoms with Crippen LogP contribution in [-0.4, -0.2) is 65.5 Å². The van der Waals surface area contributed by atoms with E-state index in [9.17, 15) is 15.0 Å². The molecule has 0 saturated carbocycles. The molecule has 2 saturated heterocycles. The number of aliphatic carboxylic acids is 1. The van der Waals surface area contributed by atoms with Gasteiger partial charge in [-0.05, 0) is 24.5 Å². The van der Waals surface area contributed by atoms with Gasteiger partial charge < -0.3 is 24.7 Å². The van der Waals surface area contributed by atoms with Crippen LogP contribution in [0.15, 0.2) is 30.3 Å². The SMILES string of the molecule is O=C(O)C1CCCN(c2cc(N3CCOCC3)nc(-c3cccc(CO)c3)n2)C1. The lowest BCUT2D eigenvalue weighted by molar-refractivity contribution is -0.141. The van der Waals surface area contributed by atoms with E-state index in [-0.39, 0.29) is 12.5 Å². The quantitative estimate of drug-likeness (QED) is 0.786. The van der Waals surface area contributed by atoms with Gasteiger partial charge in [-0.1, -0.05) is 18.2 Å². The van der Waals surface area contributed by atoms with Crippen molar-refractivity contribution in [1.29, 1.82) is 0 Å². The largest absolute Gasteiger partial charge is 0.481 e. The number of aliphatic hydroxyl groups is 1. The predicted octanol–water partition coefficient (Wildman–Crippen LogP) is 1.77. The Balaban J connectivity index is 1.72. The van der Waals surface area contributed by atoms with E-state index in [2.05, 4.69) is 4.90 Å². The number of hydrogen-bond acceptors (Lipinski definition) is 7. The molecule has 0 aliphatic carbocycles. The fourth-order valence-electron chi connectivity index (χ4n) is 3.86. The molecule has 2 N–H and O–H groups in total. The van der Waals surface area contributed by atoms with Crippen LogP contribution in [0.2, 0.25) is 0 Å². The minimum atomic E-state index is -0.756. The van der Waals surface area contributed by atoms with E-state index in [0.717, 1.165) is 48.8 Å². The molecule has 1 aromatic carbocycles. The molecule has 2 aliphatic rings. The van der Waals surface area contributed by atoms with Crippen molar-refractivity contribution in [3.8, 4) is 11.4 Å². The summed E-state index contributed by atoms with van der Waals surface area (Å²) < 4.78 is 5.46. The molecule has 0 amide bonds. The number of rotatable bonds is 5. The van der Waals surface area contributed by atoms with Gasteiger partial charge in [-0.25, -0.2) is 9.97 Å². The second-order valence-corrected chi connectivity index (χ2v) is 7.49. The molecule has 8 nitrogen and oxygen atoms in total. The van der Waals surface area contributed by atoms with E-state index in [1.807, 2.05) is 35.2 Å². The van der Waals surface area contributed by atoms with Crippen LogP contribution >= 0.6 is 0 Å². The van der Waals surface area contributed by atoms with E-state index in [0.29, 0.717) is 32.0 Å².